The summed E-state index contributed by atoms with van der Waals surface area (Å²) in [7, 11) is 0. The molecule has 0 unspecified atom stereocenters. The van der Waals surface area contributed by atoms with Gasteiger partial charge in [-0.05, 0) is 12.1 Å². The van der Waals surface area contributed by atoms with Crippen molar-refractivity contribution in [1.82, 2.24) is 4.90 Å². The van der Waals surface area contributed by atoms with Crippen LogP contribution in [-0.2, 0) is 20.1 Å². The number of carbonyl (C=O) groups excluding carboxylic acids is 1. The molecular weight excluding hydrogens is 346 g/mol. The number of hydrogen-bond donors (Lipinski definition) is 0. The van der Waals surface area contributed by atoms with Gasteiger partial charge >= 0.3 is 5.97 Å². The Morgan fingerprint density at radius 3 is 2.26 bits per heavy atom. The van der Waals surface area contributed by atoms with Gasteiger partial charge < -0.3 is 18.9 Å². The maximum absolute atomic E-state index is 12.5. The Balaban J connectivity index is 1.42. The molecule has 2 aliphatic heterocycles. The summed E-state index contributed by atoms with van der Waals surface area (Å²) in [6, 6.07) is 16.9. The molecule has 0 N–H and O–H groups in total. The largest absolute Gasteiger partial charge is 0.464 e. The van der Waals surface area contributed by atoms with Gasteiger partial charge in [-0.15, -0.1) is 0 Å². The van der Waals surface area contributed by atoms with Crippen LogP contribution >= 0.6 is 0 Å². The van der Waals surface area contributed by atoms with E-state index in [-0.39, 0.29) is 12.4 Å². The zero-order valence-corrected chi connectivity index (χ0v) is 15.1. The lowest BCUT2D eigenvalue weighted by Gasteiger charge is -2.28. The molecule has 6 heteroatoms. The van der Waals surface area contributed by atoms with Crippen LogP contribution in [0, 0.1) is 0 Å². The Hall–Kier alpha value is -2.57. The van der Waals surface area contributed by atoms with Crippen LogP contribution in [0.1, 0.15) is 12.0 Å². The molecule has 2 aromatic carbocycles. The molecule has 0 atom stereocenters. The molecule has 0 aliphatic carbocycles. The van der Waals surface area contributed by atoms with E-state index >= 15 is 0 Å². The third-order valence-electron chi connectivity index (χ3n) is 4.76. The van der Waals surface area contributed by atoms with Crippen LogP contribution in [0.15, 0.2) is 54.6 Å². The van der Waals surface area contributed by atoms with E-state index in [1.54, 1.807) is 0 Å². The zero-order valence-electron chi connectivity index (χ0n) is 15.1. The minimum absolute atomic E-state index is 0.0190. The zero-order chi connectivity index (χ0) is 18.5. The van der Waals surface area contributed by atoms with E-state index in [4.69, 9.17) is 18.9 Å². The van der Waals surface area contributed by atoms with Crippen molar-refractivity contribution in [1.29, 1.82) is 0 Å². The Kier molecular flexibility index (Phi) is 5.27. The van der Waals surface area contributed by atoms with E-state index < -0.39 is 5.79 Å². The normalized spacial score (nSPS) is 18.2. The number of hydrogen-bond acceptors (Lipinski definition) is 6. The first-order valence-electron chi connectivity index (χ1n) is 9.23. The number of nitrogens with zero attached hydrogens (tertiary/aromatic N) is 1. The second kappa shape index (κ2) is 7.98. The topological polar surface area (TPSA) is 57.2 Å². The number of esters is 1. The van der Waals surface area contributed by atoms with E-state index in [9.17, 15) is 4.79 Å². The van der Waals surface area contributed by atoms with Crippen LogP contribution in [0.2, 0.25) is 0 Å². The Labute approximate surface area is 158 Å². The van der Waals surface area contributed by atoms with Gasteiger partial charge in [0.25, 0.3) is 5.79 Å². The second-order valence-corrected chi connectivity index (χ2v) is 6.62. The van der Waals surface area contributed by atoms with Crippen molar-refractivity contribution < 1.29 is 23.7 Å². The highest BCUT2D eigenvalue weighted by Crippen LogP contribution is 2.45. The highest BCUT2D eigenvalue weighted by atomic mass is 16.7. The monoisotopic (exact) mass is 369 g/mol. The summed E-state index contributed by atoms with van der Waals surface area (Å²) >= 11 is 0. The molecule has 6 nitrogen and oxygen atoms in total. The fraction of sp³-hybridized carbons (Fsp3) is 0.381. The molecule has 2 aromatic rings. The quantitative estimate of drug-likeness (QED) is 0.730. The van der Waals surface area contributed by atoms with Crippen LogP contribution < -0.4 is 9.47 Å². The molecule has 0 aromatic heterocycles. The van der Waals surface area contributed by atoms with Crippen molar-refractivity contribution in [3.63, 3.8) is 0 Å². The van der Waals surface area contributed by atoms with Gasteiger partial charge in [0.1, 0.15) is 13.0 Å². The van der Waals surface area contributed by atoms with E-state index in [0.29, 0.717) is 24.7 Å². The maximum Gasteiger partial charge on any atom is 0.314 e. The van der Waals surface area contributed by atoms with Gasteiger partial charge in [0.15, 0.2) is 11.5 Å². The number of rotatable bonds is 6. The number of ether oxygens (including phenoxy) is 4. The summed E-state index contributed by atoms with van der Waals surface area (Å²) in [6.07, 6.45) is -0.0190. The van der Waals surface area contributed by atoms with E-state index in [1.807, 2.05) is 54.6 Å². The van der Waals surface area contributed by atoms with Crippen molar-refractivity contribution >= 4 is 5.97 Å². The molecule has 0 bridgehead atoms. The predicted octanol–water partition coefficient (Wildman–Crippen LogP) is 2.58. The average molecular weight is 369 g/mol. The number of para-hydroxylation sites is 2. The second-order valence-electron chi connectivity index (χ2n) is 6.62. The number of morpholine rings is 1. The van der Waals surface area contributed by atoms with Crippen molar-refractivity contribution in [3.8, 4) is 11.5 Å². The van der Waals surface area contributed by atoms with E-state index in [1.165, 1.54) is 0 Å². The first kappa shape index (κ1) is 17.8. The maximum atomic E-state index is 12.5. The summed E-state index contributed by atoms with van der Waals surface area (Å²) in [5.41, 5.74) is 0.784. The Morgan fingerprint density at radius 2 is 1.59 bits per heavy atom. The molecule has 0 saturated carbocycles. The van der Waals surface area contributed by atoms with Crippen LogP contribution in [-0.4, -0.2) is 50.3 Å². The fourth-order valence-corrected chi connectivity index (χ4v) is 3.33. The molecule has 4 rings (SSSR count). The fourth-order valence-electron chi connectivity index (χ4n) is 3.33. The van der Waals surface area contributed by atoms with Gasteiger partial charge in [-0.25, -0.2) is 0 Å². The van der Waals surface area contributed by atoms with Gasteiger partial charge in [-0.2, -0.15) is 0 Å². The molecule has 27 heavy (non-hydrogen) atoms. The molecule has 2 aliphatic rings. The molecule has 142 valence electrons. The van der Waals surface area contributed by atoms with E-state index in [2.05, 4.69) is 4.90 Å². The highest BCUT2D eigenvalue weighted by Gasteiger charge is 2.45. The molecule has 2 heterocycles. The molecule has 1 fully saturated rings. The number of benzene rings is 2. The van der Waals surface area contributed by atoms with Gasteiger partial charge in [0, 0.05) is 25.2 Å². The van der Waals surface area contributed by atoms with Gasteiger partial charge in [-0.1, -0.05) is 42.5 Å². The van der Waals surface area contributed by atoms with Crippen molar-refractivity contribution in [2.45, 2.75) is 12.2 Å². The highest BCUT2D eigenvalue weighted by molar-refractivity contribution is 5.71. The summed E-state index contributed by atoms with van der Waals surface area (Å²) in [4.78, 5) is 14.8. The lowest BCUT2D eigenvalue weighted by molar-refractivity contribution is -0.160. The molecular formula is C21H23NO5. The van der Waals surface area contributed by atoms with Gasteiger partial charge in [0.2, 0.25) is 0 Å². The molecule has 1 saturated heterocycles. The summed E-state index contributed by atoms with van der Waals surface area (Å²) in [6.45, 7) is 4.24. The van der Waals surface area contributed by atoms with E-state index in [0.717, 1.165) is 31.9 Å². The van der Waals surface area contributed by atoms with Gasteiger partial charge in [-0.3, -0.25) is 9.69 Å². The first-order chi connectivity index (χ1) is 13.3. The minimum atomic E-state index is -1.19. The summed E-state index contributed by atoms with van der Waals surface area (Å²) in [5.74, 6) is -0.286. The van der Waals surface area contributed by atoms with Crippen LogP contribution in [0.25, 0.3) is 0 Å². The molecule has 0 spiro atoms. The smallest absolute Gasteiger partial charge is 0.314 e. The molecule has 0 amide bonds. The number of carbonyl (C=O) groups is 1. The van der Waals surface area contributed by atoms with Gasteiger partial charge in [0.05, 0.1) is 13.2 Å². The van der Waals surface area contributed by atoms with Crippen LogP contribution in [0.5, 0.6) is 11.5 Å². The Morgan fingerprint density at radius 1 is 0.963 bits per heavy atom. The predicted molar refractivity (Wildman–Crippen MR) is 98.7 cm³/mol. The lowest BCUT2D eigenvalue weighted by Crippen LogP contribution is -2.40. The van der Waals surface area contributed by atoms with Crippen LogP contribution in [0.3, 0.4) is 0 Å². The third-order valence-corrected chi connectivity index (χ3v) is 4.76. The standard InChI is InChI=1S/C21H23NO5/c23-20(25-15-12-22-10-13-24-14-11-22)16-21(17-6-2-1-3-7-17)26-18-8-4-5-9-19(18)27-21/h1-9H,10-16H2. The lowest BCUT2D eigenvalue weighted by atomic mass is 10.0. The molecule has 0 radical (unpaired) electrons. The minimum Gasteiger partial charge on any atom is -0.464 e. The SMILES string of the molecule is O=C(CC1(c2ccccc2)Oc2ccccc2O1)OCCN1CCOCC1. The third kappa shape index (κ3) is 4.07. The van der Waals surface area contributed by atoms with Crippen molar-refractivity contribution in [2.24, 2.45) is 0 Å². The summed E-state index contributed by atoms with van der Waals surface area (Å²) < 4.78 is 23.0. The van der Waals surface area contributed by atoms with Crippen molar-refractivity contribution in [2.75, 3.05) is 39.5 Å². The first-order valence-corrected chi connectivity index (χ1v) is 9.23. The number of fused-ring (bicyclic) bond motifs is 1. The average Bonchev–Trinajstić information content (AvgIpc) is 3.08. The van der Waals surface area contributed by atoms with Crippen molar-refractivity contribution in [3.05, 3.63) is 60.2 Å². The Bertz CT molecular complexity index is 748. The summed E-state index contributed by atoms with van der Waals surface area (Å²) in [5, 5.41) is 0. The van der Waals surface area contributed by atoms with Crippen LogP contribution in [0.4, 0.5) is 0 Å².